The van der Waals surface area contributed by atoms with E-state index in [1.54, 1.807) is 14.2 Å². The standard InChI is InChI=1S/C29H38N2O5/c1-34-25-10-11-27(20-4-3-5-20)28(18-25)30-14-12-24(13-15-30)36-23-8-6-21(7-9-23)31-19-26(35-2)16-22(31)17-29(32)33/h6-11,18,20,22,24,26H,3-5,12-17,19H2,1-2H3,(H,32,33). The normalized spacial score (nSPS) is 22.9. The number of methoxy groups -OCH3 is 2. The molecule has 2 aromatic rings. The minimum atomic E-state index is -0.776. The fourth-order valence-electron chi connectivity index (χ4n) is 5.87. The van der Waals surface area contributed by atoms with Gasteiger partial charge in [-0.15, -0.1) is 0 Å². The first-order chi connectivity index (χ1) is 17.5. The molecule has 2 unspecified atom stereocenters. The number of carbonyl (C=O) groups is 1. The van der Waals surface area contributed by atoms with Gasteiger partial charge in [0.2, 0.25) is 0 Å². The monoisotopic (exact) mass is 494 g/mol. The molecule has 36 heavy (non-hydrogen) atoms. The molecule has 2 aromatic carbocycles. The molecule has 2 saturated heterocycles. The Labute approximate surface area is 213 Å². The average Bonchev–Trinajstić information content (AvgIpc) is 3.26. The minimum absolute atomic E-state index is 0.0509. The van der Waals surface area contributed by atoms with Crippen molar-refractivity contribution in [2.24, 2.45) is 0 Å². The van der Waals surface area contributed by atoms with E-state index in [4.69, 9.17) is 14.2 Å². The van der Waals surface area contributed by atoms with E-state index in [-0.39, 0.29) is 24.7 Å². The summed E-state index contributed by atoms with van der Waals surface area (Å²) in [4.78, 5) is 16.0. The average molecular weight is 495 g/mol. The topological polar surface area (TPSA) is 71.5 Å². The Balaban J connectivity index is 1.19. The molecule has 194 valence electrons. The van der Waals surface area contributed by atoms with E-state index in [1.807, 2.05) is 24.3 Å². The summed E-state index contributed by atoms with van der Waals surface area (Å²) >= 11 is 0. The first-order valence-corrected chi connectivity index (χ1v) is 13.2. The number of piperidine rings is 1. The maximum atomic E-state index is 11.3. The van der Waals surface area contributed by atoms with Crippen LogP contribution in [0.15, 0.2) is 42.5 Å². The van der Waals surface area contributed by atoms with Crippen molar-refractivity contribution in [1.29, 1.82) is 0 Å². The molecule has 0 radical (unpaired) electrons. The van der Waals surface area contributed by atoms with Gasteiger partial charge in [-0.1, -0.05) is 12.5 Å². The van der Waals surface area contributed by atoms with Crippen molar-refractivity contribution in [3.8, 4) is 11.5 Å². The molecular weight excluding hydrogens is 456 g/mol. The van der Waals surface area contributed by atoms with Crippen molar-refractivity contribution in [1.82, 2.24) is 0 Å². The molecule has 0 spiro atoms. The van der Waals surface area contributed by atoms with E-state index in [0.717, 1.165) is 49.5 Å². The second-order valence-corrected chi connectivity index (χ2v) is 10.3. The van der Waals surface area contributed by atoms with Gasteiger partial charge in [0.05, 0.1) is 19.6 Å². The third kappa shape index (κ3) is 5.41. The minimum Gasteiger partial charge on any atom is -0.497 e. The first-order valence-electron chi connectivity index (χ1n) is 13.2. The number of carboxylic acid groups (broad SMARTS) is 1. The number of carboxylic acids is 1. The van der Waals surface area contributed by atoms with Crippen LogP contribution in [0.5, 0.6) is 11.5 Å². The van der Waals surface area contributed by atoms with Gasteiger partial charge in [0.25, 0.3) is 0 Å². The molecule has 0 amide bonds. The summed E-state index contributed by atoms with van der Waals surface area (Å²) in [6, 6.07) is 14.6. The van der Waals surface area contributed by atoms with Crippen molar-refractivity contribution in [3.63, 3.8) is 0 Å². The fraction of sp³-hybridized carbons (Fsp3) is 0.552. The second-order valence-electron chi connectivity index (χ2n) is 10.3. The number of rotatable bonds is 9. The zero-order valence-electron chi connectivity index (χ0n) is 21.4. The molecule has 1 aliphatic carbocycles. The van der Waals surface area contributed by atoms with Crippen LogP contribution in [0.25, 0.3) is 0 Å². The van der Waals surface area contributed by atoms with E-state index < -0.39 is 5.97 Å². The maximum absolute atomic E-state index is 11.3. The first kappa shape index (κ1) is 24.8. The van der Waals surface area contributed by atoms with Gasteiger partial charge < -0.3 is 29.1 Å². The molecule has 0 aromatic heterocycles. The van der Waals surface area contributed by atoms with Crippen LogP contribution in [0.3, 0.4) is 0 Å². The largest absolute Gasteiger partial charge is 0.497 e. The van der Waals surface area contributed by atoms with Gasteiger partial charge in [0.15, 0.2) is 0 Å². The van der Waals surface area contributed by atoms with Crippen LogP contribution in [0.2, 0.25) is 0 Å². The second kappa shape index (κ2) is 11.0. The third-order valence-corrected chi connectivity index (χ3v) is 8.16. The Kier molecular flexibility index (Phi) is 7.56. The van der Waals surface area contributed by atoms with Crippen LogP contribution in [0.4, 0.5) is 11.4 Å². The van der Waals surface area contributed by atoms with Gasteiger partial charge >= 0.3 is 5.97 Å². The van der Waals surface area contributed by atoms with Crippen LogP contribution in [-0.2, 0) is 9.53 Å². The maximum Gasteiger partial charge on any atom is 0.305 e. The molecule has 3 aliphatic rings. The predicted octanol–water partition coefficient (Wildman–Crippen LogP) is 5.08. The highest BCUT2D eigenvalue weighted by molar-refractivity contribution is 5.69. The fourth-order valence-corrected chi connectivity index (χ4v) is 5.87. The lowest BCUT2D eigenvalue weighted by Gasteiger charge is -2.37. The van der Waals surface area contributed by atoms with E-state index in [9.17, 15) is 9.90 Å². The van der Waals surface area contributed by atoms with E-state index >= 15 is 0 Å². The quantitative estimate of drug-likeness (QED) is 0.521. The molecule has 2 aliphatic heterocycles. The zero-order valence-corrected chi connectivity index (χ0v) is 21.4. The Bertz CT molecular complexity index is 1030. The summed E-state index contributed by atoms with van der Waals surface area (Å²) in [7, 11) is 3.43. The highest BCUT2D eigenvalue weighted by Crippen LogP contribution is 2.43. The van der Waals surface area contributed by atoms with Gasteiger partial charge in [-0.2, -0.15) is 0 Å². The Morgan fingerprint density at radius 2 is 1.69 bits per heavy atom. The molecule has 7 nitrogen and oxygen atoms in total. The number of hydrogen-bond donors (Lipinski definition) is 1. The number of aliphatic carboxylic acids is 1. The van der Waals surface area contributed by atoms with Crippen molar-refractivity contribution in [2.75, 3.05) is 43.7 Å². The van der Waals surface area contributed by atoms with Crippen LogP contribution >= 0.6 is 0 Å². The lowest BCUT2D eigenvalue weighted by atomic mass is 9.79. The molecule has 7 heteroatoms. The van der Waals surface area contributed by atoms with Crippen LogP contribution in [0, 0.1) is 0 Å². The number of hydrogen-bond acceptors (Lipinski definition) is 6. The smallest absolute Gasteiger partial charge is 0.305 e. The molecule has 1 N–H and O–H groups in total. The zero-order chi connectivity index (χ0) is 25.1. The summed E-state index contributed by atoms with van der Waals surface area (Å²) in [5.74, 6) is 1.70. The van der Waals surface area contributed by atoms with Crippen molar-refractivity contribution >= 4 is 17.3 Å². The molecule has 2 atom stereocenters. The number of ether oxygens (including phenoxy) is 3. The summed E-state index contributed by atoms with van der Waals surface area (Å²) < 4.78 is 17.4. The summed E-state index contributed by atoms with van der Waals surface area (Å²) in [6.07, 6.45) is 6.96. The van der Waals surface area contributed by atoms with Gasteiger partial charge in [-0.05, 0) is 61.1 Å². The van der Waals surface area contributed by atoms with E-state index in [2.05, 4.69) is 28.0 Å². The van der Waals surface area contributed by atoms with Gasteiger partial charge in [-0.3, -0.25) is 4.79 Å². The summed E-state index contributed by atoms with van der Waals surface area (Å²) in [5, 5.41) is 9.30. The van der Waals surface area contributed by atoms with Crippen LogP contribution in [0.1, 0.15) is 56.4 Å². The molecule has 0 bridgehead atoms. The van der Waals surface area contributed by atoms with E-state index in [1.165, 1.54) is 30.5 Å². The molecule has 5 rings (SSSR count). The van der Waals surface area contributed by atoms with Gasteiger partial charge in [0.1, 0.15) is 17.6 Å². The van der Waals surface area contributed by atoms with E-state index in [0.29, 0.717) is 12.5 Å². The third-order valence-electron chi connectivity index (χ3n) is 8.16. The van der Waals surface area contributed by atoms with Gasteiger partial charge in [0, 0.05) is 63.1 Å². The lowest BCUT2D eigenvalue weighted by molar-refractivity contribution is -0.137. The molecule has 3 fully saturated rings. The number of anilines is 2. The predicted molar refractivity (Wildman–Crippen MR) is 141 cm³/mol. The van der Waals surface area contributed by atoms with Crippen molar-refractivity contribution < 1.29 is 24.1 Å². The summed E-state index contributed by atoms with van der Waals surface area (Å²) in [6.45, 7) is 2.65. The Morgan fingerprint density at radius 1 is 0.972 bits per heavy atom. The number of nitrogens with zero attached hydrogens (tertiary/aromatic N) is 2. The Morgan fingerprint density at radius 3 is 2.31 bits per heavy atom. The molecule has 1 saturated carbocycles. The SMILES string of the molecule is COc1ccc(C2CCC2)c(N2CCC(Oc3ccc(N4CC(OC)CC4CC(=O)O)cc3)CC2)c1. The Hall–Kier alpha value is -2.93. The summed E-state index contributed by atoms with van der Waals surface area (Å²) in [5.41, 5.74) is 3.82. The van der Waals surface area contributed by atoms with Crippen LogP contribution in [-0.4, -0.2) is 63.2 Å². The molecule has 2 heterocycles. The highest BCUT2D eigenvalue weighted by atomic mass is 16.5. The van der Waals surface area contributed by atoms with Gasteiger partial charge in [-0.25, -0.2) is 0 Å². The van der Waals surface area contributed by atoms with Crippen molar-refractivity contribution in [3.05, 3.63) is 48.0 Å². The lowest BCUT2D eigenvalue weighted by Crippen LogP contribution is -2.39. The highest BCUT2D eigenvalue weighted by Gasteiger charge is 2.34. The van der Waals surface area contributed by atoms with Crippen LogP contribution < -0.4 is 19.3 Å². The van der Waals surface area contributed by atoms with Crippen molar-refractivity contribution in [2.45, 2.75) is 69.1 Å². The number of benzene rings is 2. The molecular formula is C29H38N2O5.